The quantitative estimate of drug-likeness (QED) is 0.771. The van der Waals surface area contributed by atoms with Gasteiger partial charge in [0.15, 0.2) is 0 Å². The Bertz CT molecular complexity index is 728. The lowest BCUT2D eigenvalue weighted by atomic mass is 10.3. The Morgan fingerprint density at radius 3 is 2.00 bits per heavy atom. The van der Waals surface area contributed by atoms with Crippen LogP contribution in [0.3, 0.4) is 0 Å². The van der Waals surface area contributed by atoms with E-state index in [4.69, 9.17) is 8.47 Å². The predicted molar refractivity (Wildman–Crippen MR) is 78.3 cm³/mol. The van der Waals surface area contributed by atoms with Crippen LogP contribution in [0, 0.1) is 10.2 Å². The topological polar surface area (TPSA) is 105 Å². The molecule has 1 heterocycles. The van der Waals surface area contributed by atoms with Crippen molar-refractivity contribution >= 4 is 16.1 Å². The number of carbonyl (C=O) groups excluding carboxylic acids is 1. The second-order valence-electron chi connectivity index (χ2n) is 5.15. The van der Waals surface area contributed by atoms with E-state index in [1.807, 2.05) is 0 Å². The summed E-state index contributed by atoms with van der Waals surface area (Å²) >= 11 is 0. The van der Waals surface area contributed by atoms with E-state index in [9.17, 15) is 18.8 Å². The first-order chi connectivity index (χ1) is 11.4. The zero-order valence-corrected chi connectivity index (χ0v) is 14.3. The third-order valence-electron chi connectivity index (χ3n) is 3.57. The fraction of sp³-hybridized carbons (Fsp3) is 0.188. The molecule has 1 aliphatic rings. The molecule has 24 heavy (non-hydrogen) atoms. The maximum absolute atomic E-state index is 12.2. The van der Waals surface area contributed by atoms with E-state index in [2.05, 4.69) is 0 Å². The normalized spacial score (nSPS) is 16.5. The minimum Gasteiger partial charge on any atom is -0.455 e. The first-order valence-corrected chi connectivity index (χ1v) is 10.1. The molecule has 0 aliphatic carbocycles. The van der Waals surface area contributed by atoms with Gasteiger partial charge in [-0.25, -0.2) is 0 Å². The van der Waals surface area contributed by atoms with Crippen LogP contribution in [-0.4, -0.2) is 11.5 Å². The van der Waals surface area contributed by atoms with Crippen molar-refractivity contribution in [1.29, 1.82) is 0 Å². The molecule has 0 atom stereocenters. The van der Waals surface area contributed by atoms with Crippen LogP contribution in [0.4, 0.5) is 0 Å². The zero-order chi connectivity index (χ0) is 17.4. The highest BCUT2D eigenvalue weighted by Gasteiger charge is 2.51. The SMILES string of the molecule is CCC(=O)CS1(O[Cl+3]([O-])([O-])[O-])c2ccccc2Oc2ccccc21. The van der Waals surface area contributed by atoms with Gasteiger partial charge in [0, 0.05) is 6.42 Å². The molecule has 0 bridgehead atoms. The van der Waals surface area contributed by atoms with Crippen molar-refractivity contribution < 1.29 is 37.5 Å². The number of halogens is 1. The van der Waals surface area contributed by atoms with Crippen molar-refractivity contribution in [3.8, 4) is 11.5 Å². The van der Waals surface area contributed by atoms with E-state index < -0.39 is 20.6 Å². The van der Waals surface area contributed by atoms with E-state index in [0.29, 0.717) is 21.3 Å². The van der Waals surface area contributed by atoms with E-state index in [-0.39, 0.29) is 18.0 Å². The van der Waals surface area contributed by atoms with Gasteiger partial charge in [0.1, 0.15) is 21.0 Å². The summed E-state index contributed by atoms with van der Waals surface area (Å²) in [7, 11) is -7.61. The number of rotatable bonds is 5. The van der Waals surface area contributed by atoms with E-state index in [1.54, 1.807) is 55.5 Å². The van der Waals surface area contributed by atoms with Gasteiger partial charge < -0.3 is 4.74 Å². The molecular weight excluding hydrogens is 356 g/mol. The molecule has 0 unspecified atom stereocenters. The zero-order valence-electron chi connectivity index (χ0n) is 12.8. The predicted octanol–water partition coefficient (Wildman–Crippen LogP) is 0.823. The summed E-state index contributed by atoms with van der Waals surface area (Å²) in [6.07, 6.45) is 0.207. The summed E-state index contributed by atoms with van der Waals surface area (Å²) in [5.41, 5.74) is 0. The van der Waals surface area contributed by atoms with Gasteiger partial charge in [-0.2, -0.15) is 14.0 Å². The number of para-hydroxylation sites is 2. The van der Waals surface area contributed by atoms with Gasteiger partial charge in [-0.3, -0.25) is 4.79 Å². The van der Waals surface area contributed by atoms with Crippen molar-refractivity contribution in [3.63, 3.8) is 0 Å². The molecule has 0 spiro atoms. The molecule has 2 aromatic rings. The Hall–Kier alpha value is -1.61. The molecule has 0 saturated heterocycles. The van der Waals surface area contributed by atoms with Gasteiger partial charge in [0.05, 0.1) is 36.1 Å². The number of Topliss-reactive ketones (excluding diaryl/α,β-unsaturated/α-hetero) is 1. The van der Waals surface area contributed by atoms with Gasteiger partial charge in [0.25, 0.3) is 0 Å². The van der Waals surface area contributed by atoms with Gasteiger partial charge in [-0.1, -0.05) is 31.2 Å². The van der Waals surface area contributed by atoms with Crippen LogP contribution in [0.25, 0.3) is 0 Å². The highest BCUT2D eigenvalue weighted by Crippen LogP contribution is 2.71. The number of hydrogen-bond acceptors (Lipinski definition) is 6. The average Bonchev–Trinajstić information content (AvgIpc) is 2.53. The maximum atomic E-state index is 12.2. The Labute approximate surface area is 142 Å². The number of benzene rings is 2. The van der Waals surface area contributed by atoms with Gasteiger partial charge in [-0.05, 0) is 24.3 Å². The molecule has 0 saturated carbocycles. The van der Waals surface area contributed by atoms with Crippen LogP contribution < -0.4 is 18.7 Å². The Morgan fingerprint density at radius 1 is 1.04 bits per heavy atom. The van der Waals surface area contributed by atoms with Crippen molar-refractivity contribution in [2.24, 2.45) is 0 Å². The van der Waals surface area contributed by atoms with Crippen molar-refractivity contribution in [2.45, 2.75) is 23.1 Å². The molecule has 0 N–H and O–H groups in total. The smallest absolute Gasteiger partial charge is 0.144 e. The van der Waals surface area contributed by atoms with Crippen LogP contribution in [0.5, 0.6) is 11.5 Å². The summed E-state index contributed by atoms with van der Waals surface area (Å²) in [5, 5.41) is 0. The lowest BCUT2D eigenvalue weighted by Gasteiger charge is -2.38. The van der Waals surface area contributed by atoms with E-state index >= 15 is 0 Å². The Balaban J connectivity index is 2.27. The van der Waals surface area contributed by atoms with Gasteiger partial charge in [0.2, 0.25) is 0 Å². The summed E-state index contributed by atoms with van der Waals surface area (Å²) in [6.45, 7) is 1.68. The summed E-state index contributed by atoms with van der Waals surface area (Å²) in [5.74, 6) is 0.369. The average molecular weight is 371 g/mol. The molecule has 0 fully saturated rings. The lowest BCUT2D eigenvalue weighted by molar-refractivity contribution is -1.91. The Kier molecular flexibility index (Phi) is 4.56. The molecule has 0 amide bonds. The fourth-order valence-electron chi connectivity index (χ4n) is 2.56. The second-order valence-corrected chi connectivity index (χ2v) is 8.93. The number of ether oxygens (including phenoxy) is 1. The van der Waals surface area contributed by atoms with Crippen LogP contribution in [-0.2, 0) is 8.53 Å². The van der Waals surface area contributed by atoms with Crippen LogP contribution in [0.2, 0.25) is 0 Å². The van der Waals surface area contributed by atoms with E-state index in [1.165, 1.54) is 0 Å². The molecule has 0 aromatic heterocycles. The molecule has 2 aromatic carbocycles. The van der Waals surface area contributed by atoms with Crippen molar-refractivity contribution in [2.75, 3.05) is 5.75 Å². The first-order valence-electron chi connectivity index (χ1n) is 7.16. The number of fused-ring (bicyclic) bond motifs is 2. The summed E-state index contributed by atoms with van der Waals surface area (Å²) in [6, 6.07) is 13.4. The minimum atomic E-state index is -4.74. The fourth-order valence-corrected chi connectivity index (χ4v) is 7.00. The third kappa shape index (κ3) is 3.14. The summed E-state index contributed by atoms with van der Waals surface area (Å²) < 4.78 is 45.2. The van der Waals surface area contributed by atoms with Crippen LogP contribution in [0.15, 0.2) is 58.3 Å². The van der Waals surface area contributed by atoms with Crippen molar-refractivity contribution in [1.82, 2.24) is 0 Å². The molecule has 8 heteroatoms. The highest BCUT2D eigenvalue weighted by molar-refractivity contribution is 8.30. The molecule has 128 valence electrons. The minimum absolute atomic E-state index is 0.199. The monoisotopic (exact) mass is 370 g/mol. The number of ketones is 1. The third-order valence-corrected chi connectivity index (χ3v) is 7.87. The molecule has 6 nitrogen and oxygen atoms in total. The second kappa shape index (κ2) is 6.36. The van der Waals surface area contributed by atoms with Crippen molar-refractivity contribution in [3.05, 3.63) is 48.5 Å². The van der Waals surface area contributed by atoms with Crippen LogP contribution >= 0.6 is 10.3 Å². The van der Waals surface area contributed by atoms with Gasteiger partial charge in [-0.15, -0.1) is 0 Å². The maximum Gasteiger partial charge on any atom is 0.144 e. The van der Waals surface area contributed by atoms with Crippen LogP contribution in [0.1, 0.15) is 13.3 Å². The largest absolute Gasteiger partial charge is 0.455 e. The molecule has 0 radical (unpaired) electrons. The molecular formula is C16H15ClO6S. The molecule has 3 rings (SSSR count). The standard InChI is InChI=1S/C16H15ClO6S/c1-2-12(18)11-24(23-17(19,20)21)15-9-5-3-7-13(15)22-14-8-4-6-10-16(14)24/h3-10H,2,11H2,1H3. The highest BCUT2D eigenvalue weighted by atomic mass is 35.7. The number of carbonyl (C=O) groups is 1. The van der Waals surface area contributed by atoms with E-state index in [0.717, 1.165) is 0 Å². The number of hydrogen-bond donors (Lipinski definition) is 0. The molecule has 1 aliphatic heterocycles. The summed E-state index contributed by atoms with van der Waals surface area (Å²) in [4.78, 5) is 13.0. The Morgan fingerprint density at radius 2 is 1.54 bits per heavy atom. The first kappa shape index (κ1) is 17.2. The lowest BCUT2D eigenvalue weighted by Crippen LogP contribution is -2.61. The van der Waals surface area contributed by atoms with Gasteiger partial charge >= 0.3 is 0 Å².